The minimum absolute atomic E-state index is 0.108. The molecule has 0 bridgehead atoms. The maximum absolute atomic E-state index is 13.8. The summed E-state index contributed by atoms with van der Waals surface area (Å²) in [6.45, 7) is 0.472. The lowest BCUT2D eigenvalue weighted by atomic mass is 10.2. The molecule has 1 aliphatic rings. The molecular weight excluding hydrogens is 321 g/mol. The summed E-state index contributed by atoms with van der Waals surface area (Å²) in [4.78, 5) is 11.4. The second-order valence-corrected chi connectivity index (χ2v) is 7.45. The molecule has 8 heteroatoms. The number of rotatable bonds is 6. The number of methoxy groups -OCH3 is 1. The Morgan fingerprint density at radius 2 is 2.14 bits per heavy atom. The van der Waals surface area contributed by atoms with Gasteiger partial charge in [0, 0.05) is 22.8 Å². The first-order valence-corrected chi connectivity index (χ1v) is 8.74. The Morgan fingerprint density at radius 1 is 1.48 bits per heavy atom. The fourth-order valence-corrected chi connectivity index (χ4v) is 2.99. The van der Waals surface area contributed by atoms with Crippen molar-refractivity contribution in [1.82, 2.24) is 5.32 Å². The number of hydrogen-bond donors (Lipinski definition) is 1. The van der Waals surface area contributed by atoms with E-state index >= 15 is 0 Å². The standard InChI is InChI=1S/C13H15ClFNO4S/c1-20-12-10(15)6-9(7-11(12)21(14,18)19)13(17)16-5-4-8-2-3-8/h6-8H,2-5H2,1H3,(H,16,17). The van der Waals surface area contributed by atoms with Crippen LogP contribution in [-0.2, 0) is 9.05 Å². The van der Waals surface area contributed by atoms with E-state index in [9.17, 15) is 17.6 Å². The molecule has 0 aliphatic heterocycles. The van der Waals surface area contributed by atoms with Crippen molar-refractivity contribution in [2.75, 3.05) is 13.7 Å². The van der Waals surface area contributed by atoms with Crippen LogP contribution < -0.4 is 10.1 Å². The van der Waals surface area contributed by atoms with Gasteiger partial charge in [0.05, 0.1) is 7.11 Å². The largest absolute Gasteiger partial charge is 0.492 e. The SMILES string of the molecule is COc1c(F)cc(C(=O)NCCC2CC2)cc1S(=O)(=O)Cl. The molecule has 1 aromatic carbocycles. The average molecular weight is 336 g/mol. The number of carbonyl (C=O) groups excluding carboxylic acids is 1. The summed E-state index contributed by atoms with van der Waals surface area (Å²) < 4.78 is 41.4. The number of carbonyl (C=O) groups is 1. The summed E-state index contributed by atoms with van der Waals surface area (Å²) in [5, 5.41) is 2.63. The van der Waals surface area contributed by atoms with Crippen LogP contribution in [0, 0.1) is 11.7 Å². The van der Waals surface area contributed by atoms with Gasteiger partial charge in [0.15, 0.2) is 11.6 Å². The lowest BCUT2D eigenvalue weighted by Crippen LogP contribution is -2.25. The van der Waals surface area contributed by atoms with E-state index in [1.165, 1.54) is 12.8 Å². The molecule has 0 aromatic heterocycles. The minimum Gasteiger partial charge on any atom is -0.492 e. The maximum atomic E-state index is 13.8. The van der Waals surface area contributed by atoms with Crippen LogP contribution in [0.25, 0.3) is 0 Å². The summed E-state index contributed by atoms with van der Waals surface area (Å²) in [6, 6.07) is 1.94. The minimum atomic E-state index is -4.22. The zero-order chi connectivity index (χ0) is 15.6. The smallest absolute Gasteiger partial charge is 0.265 e. The van der Waals surface area contributed by atoms with E-state index in [1.54, 1.807) is 0 Å². The Kier molecular flexibility index (Phi) is 4.73. The summed E-state index contributed by atoms with van der Waals surface area (Å²) >= 11 is 0. The van der Waals surface area contributed by atoms with Crippen molar-refractivity contribution < 1.29 is 22.3 Å². The summed E-state index contributed by atoms with van der Waals surface area (Å²) in [5.74, 6) is -1.35. The molecule has 0 spiro atoms. The lowest BCUT2D eigenvalue weighted by Gasteiger charge is -2.10. The van der Waals surface area contributed by atoms with Crippen molar-refractivity contribution in [3.8, 4) is 5.75 Å². The van der Waals surface area contributed by atoms with Gasteiger partial charge in [0.1, 0.15) is 4.90 Å². The van der Waals surface area contributed by atoms with Gasteiger partial charge < -0.3 is 10.1 Å². The number of benzene rings is 1. The Hall–Kier alpha value is -1.34. The number of halogens is 2. The van der Waals surface area contributed by atoms with Crippen molar-refractivity contribution in [2.45, 2.75) is 24.2 Å². The molecule has 0 radical (unpaired) electrons. The van der Waals surface area contributed by atoms with Crippen molar-refractivity contribution in [1.29, 1.82) is 0 Å². The van der Waals surface area contributed by atoms with Gasteiger partial charge in [0.25, 0.3) is 15.0 Å². The average Bonchev–Trinajstić information content (AvgIpc) is 3.20. The quantitative estimate of drug-likeness (QED) is 0.810. The fourth-order valence-electron chi connectivity index (χ4n) is 1.98. The van der Waals surface area contributed by atoms with Crippen LogP contribution in [0.1, 0.15) is 29.6 Å². The summed E-state index contributed by atoms with van der Waals surface area (Å²) in [5.41, 5.74) is -0.108. The molecule has 1 aliphatic carbocycles. The molecule has 1 fully saturated rings. The van der Waals surface area contributed by atoms with Gasteiger partial charge in [0.2, 0.25) is 0 Å². The van der Waals surface area contributed by atoms with Gasteiger partial charge >= 0.3 is 0 Å². The third-order valence-electron chi connectivity index (χ3n) is 3.27. The third kappa shape index (κ3) is 4.07. The molecule has 1 amide bonds. The van der Waals surface area contributed by atoms with Gasteiger partial charge in [-0.15, -0.1) is 0 Å². The molecule has 5 nitrogen and oxygen atoms in total. The highest BCUT2D eigenvalue weighted by atomic mass is 35.7. The van der Waals surface area contributed by atoms with Crippen LogP contribution in [0.4, 0.5) is 4.39 Å². The molecule has 0 atom stereocenters. The number of amides is 1. The van der Waals surface area contributed by atoms with E-state index in [4.69, 9.17) is 10.7 Å². The number of hydrogen-bond acceptors (Lipinski definition) is 4. The lowest BCUT2D eigenvalue weighted by molar-refractivity contribution is 0.0952. The van der Waals surface area contributed by atoms with Gasteiger partial charge in [-0.2, -0.15) is 0 Å². The van der Waals surface area contributed by atoms with E-state index in [-0.39, 0.29) is 5.56 Å². The molecule has 0 unspecified atom stereocenters. The first-order chi connectivity index (χ1) is 9.82. The molecule has 21 heavy (non-hydrogen) atoms. The molecule has 1 saturated carbocycles. The summed E-state index contributed by atoms with van der Waals surface area (Å²) in [7, 11) is 2.14. The predicted octanol–water partition coefficient (Wildman–Crippen LogP) is 2.29. The molecule has 1 N–H and O–H groups in total. The first kappa shape index (κ1) is 16.0. The van der Waals surface area contributed by atoms with Crippen molar-refractivity contribution in [3.05, 3.63) is 23.5 Å². The third-order valence-corrected chi connectivity index (χ3v) is 4.60. The van der Waals surface area contributed by atoms with Gasteiger partial charge in [-0.3, -0.25) is 4.79 Å². The normalized spacial score (nSPS) is 14.8. The van der Waals surface area contributed by atoms with Crippen molar-refractivity contribution in [2.24, 2.45) is 5.92 Å². The zero-order valence-electron chi connectivity index (χ0n) is 11.4. The van der Waals surface area contributed by atoms with Gasteiger partial charge in [-0.25, -0.2) is 12.8 Å². The topological polar surface area (TPSA) is 72.5 Å². The van der Waals surface area contributed by atoms with Crippen LogP contribution in [0.5, 0.6) is 5.75 Å². The van der Waals surface area contributed by atoms with Crippen LogP contribution >= 0.6 is 10.7 Å². The zero-order valence-corrected chi connectivity index (χ0v) is 12.9. The second kappa shape index (κ2) is 6.19. The molecule has 0 heterocycles. The monoisotopic (exact) mass is 335 g/mol. The summed E-state index contributed by atoms with van der Waals surface area (Å²) in [6.07, 6.45) is 3.20. The number of nitrogens with one attached hydrogen (secondary N) is 1. The maximum Gasteiger partial charge on any atom is 0.265 e. The second-order valence-electron chi connectivity index (χ2n) is 4.92. The van der Waals surface area contributed by atoms with E-state index in [1.807, 2.05) is 0 Å². The van der Waals surface area contributed by atoms with E-state index in [0.717, 1.165) is 25.7 Å². The number of ether oxygens (including phenoxy) is 1. The van der Waals surface area contributed by atoms with Crippen LogP contribution in [0.2, 0.25) is 0 Å². The molecule has 0 saturated heterocycles. The Balaban J connectivity index is 2.22. The molecule has 1 aromatic rings. The Bertz CT molecular complexity index is 658. The van der Waals surface area contributed by atoms with Crippen LogP contribution in [0.15, 0.2) is 17.0 Å². The highest BCUT2D eigenvalue weighted by molar-refractivity contribution is 8.13. The highest BCUT2D eigenvalue weighted by Crippen LogP contribution is 2.32. The van der Waals surface area contributed by atoms with E-state index in [2.05, 4.69) is 10.1 Å². The Labute approximate surface area is 126 Å². The van der Waals surface area contributed by atoms with Gasteiger partial charge in [-0.05, 0) is 24.5 Å². The van der Waals surface area contributed by atoms with Crippen LogP contribution in [0.3, 0.4) is 0 Å². The van der Waals surface area contributed by atoms with E-state index in [0.29, 0.717) is 12.5 Å². The molecular formula is C13H15ClFNO4S. The Morgan fingerprint density at radius 3 is 2.67 bits per heavy atom. The van der Waals surface area contributed by atoms with E-state index < -0.39 is 31.4 Å². The highest BCUT2D eigenvalue weighted by Gasteiger charge is 2.24. The fraction of sp³-hybridized carbons (Fsp3) is 0.462. The first-order valence-electron chi connectivity index (χ1n) is 6.43. The van der Waals surface area contributed by atoms with Crippen molar-refractivity contribution >= 4 is 25.6 Å². The predicted molar refractivity (Wildman–Crippen MR) is 75.7 cm³/mol. The van der Waals surface area contributed by atoms with Crippen molar-refractivity contribution in [3.63, 3.8) is 0 Å². The van der Waals surface area contributed by atoms with Gasteiger partial charge in [-0.1, -0.05) is 12.8 Å². The molecule has 116 valence electrons. The van der Waals surface area contributed by atoms with Crippen LogP contribution in [-0.4, -0.2) is 28.0 Å². The molecule has 2 rings (SSSR count).